The van der Waals surface area contributed by atoms with Crippen molar-refractivity contribution in [3.63, 3.8) is 0 Å². The fourth-order valence-electron chi connectivity index (χ4n) is 3.46. The van der Waals surface area contributed by atoms with Crippen molar-refractivity contribution < 1.29 is 19.1 Å². The minimum absolute atomic E-state index is 0.140. The Morgan fingerprint density at radius 3 is 2.21 bits per heavy atom. The molecule has 0 aromatic heterocycles. The van der Waals surface area contributed by atoms with E-state index in [4.69, 9.17) is 4.74 Å². The molecule has 1 N–H and O–H groups in total. The summed E-state index contributed by atoms with van der Waals surface area (Å²) in [5.74, 6) is -1.33. The lowest BCUT2D eigenvalue weighted by atomic mass is 10.1. The van der Waals surface area contributed by atoms with E-state index in [0.29, 0.717) is 5.69 Å². The van der Waals surface area contributed by atoms with E-state index in [1.54, 1.807) is 32.2 Å². The number of ether oxygens (including phenoxy) is 1. The molecule has 1 atom stereocenters. The Kier molecular flexibility index (Phi) is 6.65. The lowest BCUT2D eigenvalue weighted by Crippen LogP contribution is -2.41. The topological polar surface area (TPSA) is 75.7 Å². The van der Waals surface area contributed by atoms with Crippen LogP contribution in [0.2, 0.25) is 0 Å². The average Bonchev–Trinajstić information content (AvgIpc) is 3.26. The molecule has 6 heteroatoms. The molecule has 0 bridgehead atoms. The number of benzene rings is 2. The maximum Gasteiger partial charge on any atom is 0.339 e. The van der Waals surface area contributed by atoms with Crippen LogP contribution in [0.1, 0.15) is 53.3 Å². The monoisotopic (exact) mass is 394 g/mol. The molecule has 0 aliphatic heterocycles. The highest BCUT2D eigenvalue weighted by atomic mass is 16.5. The second kappa shape index (κ2) is 9.37. The van der Waals surface area contributed by atoms with Crippen LogP contribution in [0.15, 0.2) is 54.6 Å². The number of para-hydroxylation sites is 1. The van der Waals surface area contributed by atoms with Crippen LogP contribution in [-0.4, -0.2) is 37.0 Å². The van der Waals surface area contributed by atoms with E-state index in [2.05, 4.69) is 5.32 Å². The summed E-state index contributed by atoms with van der Waals surface area (Å²) in [6, 6.07) is 15.8. The summed E-state index contributed by atoms with van der Waals surface area (Å²) in [5, 5.41) is 2.92. The van der Waals surface area contributed by atoms with Crippen LogP contribution < -0.4 is 10.2 Å². The van der Waals surface area contributed by atoms with Crippen LogP contribution in [0.4, 0.5) is 5.69 Å². The van der Waals surface area contributed by atoms with Crippen molar-refractivity contribution in [3.05, 3.63) is 65.7 Å². The van der Waals surface area contributed by atoms with E-state index < -0.39 is 12.1 Å². The first-order chi connectivity index (χ1) is 14.0. The molecule has 1 saturated carbocycles. The van der Waals surface area contributed by atoms with Gasteiger partial charge in [-0.1, -0.05) is 43.2 Å². The predicted octanol–water partition coefficient (Wildman–Crippen LogP) is 3.57. The van der Waals surface area contributed by atoms with Gasteiger partial charge >= 0.3 is 5.97 Å². The van der Waals surface area contributed by atoms with Crippen LogP contribution in [0.3, 0.4) is 0 Å². The fraction of sp³-hybridized carbons (Fsp3) is 0.348. The number of nitrogens with one attached hydrogen (secondary N) is 1. The highest BCUT2D eigenvalue weighted by Crippen LogP contribution is 2.20. The number of rotatable bonds is 6. The summed E-state index contributed by atoms with van der Waals surface area (Å²) in [6.07, 6.45) is 3.18. The molecule has 0 heterocycles. The lowest BCUT2D eigenvalue weighted by molar-refractivity contribution is -0.129. The van der Waals surface area contributed by atoms with Crippen molar-refractivity contribution in [2.75, 3.05) is 11.9 Å². The molecular formula is C23H26N2O4. The van der Waals surface area contributed by atoms with Gasteiger partial charge in [0.15, 0.2) is 6.10 Å². The van der Waals surface area contributed by atoms with Gasteiger partial charge in [-0.2, -0.15) is 0 Å². The summed E-state index contributed by atoms with van der Waals surface area (Å²) >= 11 is 0. The Labute approximate surface area is 170 Å². The zero-order valence-electron chi connectivity index (χ0n) is 16.8. The first-order valence-electron chi connectivity index (χ1n) is 9.91. The van der Waals surface area contributed by atoms with Gasteiger partial charge in [0.05, 0.1) is 11.1 Å². The van der Waals surface area contributed by atoms with Gasteiger partial charge in [0.25, 0.3) is 11.8 Å². The third kappa shape index (κ3) is 5.02. The highest BCUT2D eigenvalue weighted by molar-refractivity contribution is 6.12. The molecule has 1 aliphatic carbocycles. The second-order valence-electron chi connectivity index (χ2n) is 7.28. The maximum atomic E-state index is 13.0. The van der Waals surface area contributed by atoms with Crippen molar-refractivity contribution in [1.82, 2.24) is 5.32 Å². The van der Waals surface area contributed by atoms with Gasteiger partial charge < -0.3 is 15.0 Å². The van der Waals surface area contributed by atoms with Gasteiger partial charge in [-0.25, -0.2) is 4.79 Å². The molecule has 152 valence electrons. The Morgan fingerprint density at radius 2 is 1.55 bits per heavy atom. The molecule has 2 aromatic rings. The SMILES string of the molecule is C[C@H](OC(=O)c1ccccc1C(=O)N(C)c1ccccc1)C(=O)NC1CCCC1. The third-order valence-corrected chi connectivity index (χ3v) is 5.18. The molecule has 0 radical (unpaired) electrons. The van der Waals surface area contributed by atoms with E-state index in [1.807, 2.05) is 30.3 Å². The average molecular weight is 394 g/mol. The largest absolute Gasteiger partial charge is 0.449 e. The molecule has 0 spiro atoms. The summed E-state index contributed by atoms with van der Waals surface area (Å²) in [7, 11) is 1.65. The van der Waals surface area contributed by atoms with Crippen molar-refractivity contribution in [2.24, 2.45) is 0 Å². The van der Waals surface area contributed by atoms with Crippen LogP contribution >= 0.6 is 0 Å². The van der Waals surface area contributed by atoms with Crippen molar-refractivity contribution in [1.29, 1.82) is 0 Å². The molecular weight excluding hydrogens is 368 g/mol. The van der Waals surface area contributed by atoms with Crippen molar-refractivity contribution in [3.8, 4) is 0 Å². The first-order valence-corrected chi connectivity index (χ1v) is 9.91. The zero-order valence-corrected chi connectivity index (χ0v) is 16.8. The van der Waals surface area contributed by atoms with Crippen LogP contribution in [0, 0.1) is 0 Å². The number of amides is 2. The van der Waals surface area contributed by atoms with Gasteiger partial charge in [-0.3, -0.25) is 9.59 Å². The van der Waals surface area contributed by atoms with E-state index >= 15 is 0 Å². The standard InChI is InChI=1S/C23H26N2O4/c1-16(21(26)24-17-10-6-7-11-17)29-23(28)20-15-9-8-14-19(20)22(27)25(2)18-12-4-3-5-13-18/h3-5,8-9,12-17H,6-7,10-11H2,1-2H3,(H,24,26)/t16-/m0/s1. The summed E-state index contributed by atoms with van der Waals surface area (Å²) < 4.78 is 5.36. The summed E-state index contributed by atoms with van der Waals surface area (Å²) in [6.45, 7) is 1.54. The van der Waals surface area contributed by atoms with E-state index in [1.165, 1.54) is 11.0 Å². The molecule has 6 nitrogen and oxygen atoms in total. The Morgan fingerprint density at radius 1 is 0.966 bits per heavy atom. The Balaban J connectivity index is 1.71. The molecule has 0 saturated heterocycles. The van der Waals surface area contributed by atoms with Crippen molar-refractivity contribution in [2.45, 2.75) is 44.8 Å². The molecule has 0 unspecified atom stereocenters. The summed E-state index contributed by atoms with van der Waals surface area (Å²) in [4.78, 5) is 39.5. The number of esters is 1. The first kappa shape index (κ1) is 20.6. The normalized spacial score (nSPS) is 14.8. The highest BCUT2D eigenvalue weighted by Gasteiger charge is 2.26. The number of hydrogen-bond donors (Lipinski definition) is 1. The molecule has 2 amide bonds. The number of nitrogens with zero attached hydrogens (tertiary/aromatic N) is 1. The van der Waals surface area contributed by atoms with Gasteiger partial charge in [-0.15, -0.1) is 0 Å². The van der Waals surface area contributed by atoms with E-state index in [0.717, 1.165) is 25.7 Å². The lowest BCUT2D eigenvalue weighted by Gasteiger charge is -2.20. The minimum Gasteiger partial charge on any atom is -0.449 e. The molecule has 2 aromatic carbocycles. The van der Waals surface area contributed by atoms with Crippen LogP contribution in [0.5, 0.6) is 0 Å². The smallest absolute Gasteiger partial charge is 0.339 e. The number of carbonyl (C=O) groups is 3. The number of carbonyl (C=O) groups excluding carboxylic acids is 3. The minimum atomic E-state index is -0.932. The quantitative estimate of drug-likeness (QED) is 0.760. The fourth-order valence-corrected chi connectivity index (χ4v) is 3.46. The third-order valence-electron chi connectivity index (χ3n) is 5.18. The number of anilines is 1. The summed E-state index contributed by atoms with van der Waals surface area (Å²) in [5.41, 5.74) is 1.08. The molecule has 1 aliphatic rings. The second-order valence-corrected chi connectivity index (χ2v) is 7.28. The maximum absolute atomic E-state index is 13.0. The van der Waals surface area contributed by atoms with E-state index in [9.17, 15) is 14.4 Å². The Bertz CT molecular complexity index is 875. The molecule has 29 heavy (non-hydrogen) atoms. The van der Waals surface area contributed by atoms with Gasteiger partial charge in [0.1, 0.15) is 0 Å². The molecule has 3 rings (SSSR count). The van der Waals surface area contributed by atoms with Gasteiger partial charge in [-0.05, 0) is 44.0 Å². The van der Waals surface area contributed by atoms with Crippen molar-refractivity contribution >= 4 is 23.5 Å². The van der Waals surface area contributed by atoms with Crippen LogP contribution in [-0.2, 0) is 9.53 Å². The Hall–Kier alpha value is -3.15. The van der Waals surface area contributed by atoms with Crippen LogP contribution in [0.25, 0.3) is 0 Å². The molecule has 1 fully saturated rings. The van der Waals surface area contributed by atoms with Gasteiger partial charge in [0.2, 0.25) is 0 Å². The van der Waals surface area contributed by atoms with Gasteiger partial charge in [0, 0.05) is 18.8 Å². The van der Waals surface area contributed by atoms with E-state index in [-0.39, 0.29) is 29.0 Å². The predicted molar refractivity (Wildman–Crippen MR) is 111 cm³/mol. The number of hydrogen-bond acceptors (Lipinski definition) is 4. The zero-order chi connectivity index (χ0) is 20.8.